The van der Waals surface area contributed by atoms with E-state index < -0.39 is 5.97 Å². The van der Waals surface area contributed by atoms with E-state index in [-0.39, 0.29) is 0 Å². The Morgan fingerprint density at radius 1 is 1.00 bits per heavy atom. The van der Waals surface area contributed by atoms with Crippen LogP contribution in [0, 0.1) is 0 Å². The quantitative estimate of drug-likeness (QED) is 0.473. The van der Waals surface area contributed by atoms with Crippen LogP contribution in [0.2, 0.25) is 0 Å². The first-order valence-electron chi connectivity index (χ1n) is 8.96. The number of aryl methyl sites for hydroxylation is 2. The molecule has 0 spiro atoms. The van der Waals surface area contributed by atoms with Crippen LogP contribution in [0.4, 0.5) is 0 Å². The molecule has 4 nitrogen and oxygen atoms in total. The molecule has 25 heavy (non-hydrogen) atoms. The molecule has 1 heterocycles. The fourth-order valence-corrected chi connectivity index (χ4v) is 3.63. The lowest BCUT2D eigenvalue weighted by atomic mass is 9.88. The molecule has 0 saturated heterocycles. The molecule has 0 bridgehead atoms. The Labute approximate surface area is 147 Å². The maximum atomic E-state index is 12.0. The lowest BCUT2D eigenvalue weighted by Gasteiger charge is -2.15. The van der Waals surface area contributed by atoms with Gasteiger partial charge in [0, 0.05) is 30.0 Å². The molecular formula is C21H21NO3. The van der Waals surface area contributed by atoms with Gasteiger partial charge in [-0.15, -0.1) is 0 Å². The topological polar surface area (TPSA) is 51.8 Å². The van der Waals surface area contributed by atoms with Crippen LogP contribution in [0.1, 0.15) is 53.9 Å². The summed E-state index contributed by atoms with van der Waals surface area (Å²) in [4.78, 5) is 17.1. The van der Waals surface area contributed by atoms with Gasteiger partial charge in [0.05, 0.1) is 5.71 Å². The minimum absolute atomic E-state index is 0.458. The molecular weight excluding hydrogens is 314 g/mol. The number of benzene rings is 1. The van der Waals surface area contributed by atoms with E-state index in [0.29, 0.717) is 0 Å². The Kier molecular flexibility index (Phi) is 4.51. The largest absolute Gasteiger partial charge is 0.465 e. The zero-order chi connectivity index (χ0) is 17.1. The van der Waals surface area contributed by atoms with E-state index >= 15 is 0 Å². The molecule has 0 N–H and O–H groups in total. The predicted octanol–water partition coefficient (Wildman–Crippen LogP) is 4.46. The van der Waals surface area contributed by atoms with Crippen molar-refractivity contribution in [1.82, 2.24) is 0 Å². The van der Waals surface area contributed by atoms with E-state index in [0.717, 1.165) is 60.5 Å². The number of rotatable bonds is 3. The third-order valence-corrected chi connectivity index (χ3v) is 4.81. The fourth-order valence-electron chi connectivity index (χ4n) is 3.63. The van der Waals surface area contributed by atoms with Crippen molar-refractivity contribution >= 4 is 17.8 Å². The van der Waals surface area contributed by atoms with Crippen LogP contribution < -0.4 is 0 Å². The number of carbonyl (C=O) groups excluding carboxylic acids is 1. The molecule has 0 radical (unpaired) electrons. The number of oxime groups is 1. The van der Waals surface area contributed by atoms with E-state index in [1.54, 1.807) is 6.08 Å². The lowest BCUT2D eigenvalue weighted by Crippen LogP contribution is -2.14. The van der Waals surface area contributed by atoms with Crippen LogP contribution in [0.25, 0.3) is 6.08 Å². The molecule has 2 aliphatic carbocycles. The molecule has 0 atom stereocenters. The molecule has 2 aliphatic rings. The normalized spacial score (nSPS) is 18.2. The maximum absolute atomic E-state index is 12.0. The second kappa shape index (κ2) is 7.09. The van der Waals surface area contributed by atoms with Crippen molar-refractivity contribution in [3.05, 3.63) is 64.6 Å². The molecule has 0 unspecified atom stereocenters. The van der Waals surface area contributed by atoms with E-state index in [4.69, 9.17) is 9.25 Å². The van der Waals surface area contributed by atoms with Crippen molar-refractivity contribution in [3.63, 3.8) is 0 Å². The lowest BCUT2D eigenvalue weighted by molar-refractivity contribution is -0.137. The van der Waals surface area contributed by atoms with Gasteiger partial charge >= 0.3 is 5.97 Å². The highest BCUT2D eigenvalue weighted by Crippen LogP contribution is 2.34. The van der Waals surface area contributed by atoms with E-state index in [2.05, 4.69) is 5.16 Å². The van der Waals surface area contributed by atoms with Crippen molar-refractivity contribution in [2.24, 2.45) is 5.16 Å². The van der Waals surface area contributed by atoms with E-state index in [1.165, 1.54) is 24.5 Å². The summed E-state index contributed by atoms with van der Waals surface area (Å²) in [6, 6.07) is 9.66. The summed E-state index contributed by atoms with van der Waals surface area (Å²) >= 11 is 0. The van der Waals surface area contributed by atoms with Gasteiger partial charge in [0.1, 0.15) is 11.5 Å². The number of nitrogens with zero attached hydrogens (tertiary/aromatic N) is 1. The van der Waals surface area contributed by atoms with Gasteiger partial charge in [0.15, 0.2) is 0 Å². The summed E-state index contributed by atoms with van der Waals surface area (Å²) in [6.45, 7) is 0. The van der Waals surface area contributed by atoms with Crippen LogP contribution in [0.15, 0.2) is 46.0 Å². The highest BCUT2D eigenvalue weighted by atomic mass is 16.7. The molecule has 0 fully saturated rings. The second-order valence-electron chi connectivity index (χ2n) is 6.55. The summed E-state index contributed by atoms with van der Waals surface area (Å²) in [6.07, 6.45) is 10.3. The van der Waals surface area contributed by atoms with Gasteiger partial charge in [0.25, 0.3) is 0 Å². The van der Waals surface area contributed by atoms with Crippen molar-refractivity contribution < 1.29 is 14.0 Å². The molecule has 1 aromatic heterocycles. The zero-order valence-corrected chi connectivity index (χ0v) is 14.2. The smallest absolute Gasteiger partial charge is 0.358 e. The van der Waals surface area contributed by atoms with Gasteiger partial charge in [-0.2, -0.15) is 0 Å². The highest BCUT2D eigenvalue weighted by molar-refractivity contribution is 6.04. The Morgan fingerprint density at radius 3 is 2.68 bits per heavy atom. The first-order chi connectivity index (χ1) is 12.3. The summed E-state index contributed by atoms with van der Waals surface area (Å²) in [5.41, 5.74) is 4.21. The monoisotopic (exact) mass is 335 g/mol. The molecule has 0 aliphatic heterocycles. The van der Waals surface area contributed by atoms with Crippen LogP contribution in [-0.2, 0) is 28.9 Å². The molecule has 1 aromatic carbocycles. The van der Waals surface area contributed by atoms with Gasteiger partial charge in [-0.1, -0.05) is 35.5 Å². The van der Waals surface area contributed by atoms with Gasteiger partial charge in [-0.25, -0.2) is 4.79 Å². The fraction of sp³-hybridized carbons (Fsp3) is 0.333. The van der Waals surface area contributed by atoms with Crippen molar-refractivity contribution in [3.8, 4) is 0 Å². The Hall–Kier alpha value is -2.62. The van der Waals surface area contributed by atoms with Gasteiger partial charge in [0.2, 0.25) is 0 Å². The molecule has 4 heteroatoms. The van der Waals surface area contributed by atoms with Crippen LogP contribution in [-0.4, -0.2) is 11.7 Å². The Bertz CT molecular complexity index is 830. The summed E-state index contributed by atoms with van der Waals surface area (Å²) in [5.74, 6) is 1.68. The highest BCUT2D eigenvalue weighted by Gasteiger charge is 2.28. The number of hydrogen-bond acceptors (Lipinski definition) is 4. The molecule has 2 aromatic rings. The van der Waals surface area contributed by atoms with Crippen molar-refractivity contribution in [2.45, 2.75) is 44.9 Å². The SMILES string of the molecule is O=C(C=Cc1ccccc1)ON=C1CCCc2oc3c(c21)CCCC3. The van der Waals surface area contributed by atoms with Crippen molar-refractivity contribution in [1.29, 1.82) is 0 Å². The van der Waals surface area contributed by atoms with Gasteiger partial charge in [-0.05, 0) is 43.7 Å². The van der Waals surface area contributed by atoms with Crippen LogP contribution >= 0.6 is 0 Å². The third-order valence-electron chi connectivity index (χ3n) is 4.81. The Balaban J connectivity index is 1.50. The van der Waals surface area contributed by atoms with Crippen LogP contribution in [0.5, 0.6) is 0 Å². The number of fused-ring (bicyclic) bond motifs is 3. The second-order valence-corrected chi connectivity index (χ2v) is 6.55. The summed E-state index contributed by atoms with van der Waals surface area (Å²) in [7, 11) is 0. The summed E-state index contributed by atoms with van der Waals surface area (Å²) < 4.78 is 6.04. The van der Waals surface area contributed by atoms with Crippen molar-refractivity contribution in [2.75, 3.05) is 0 Å². The molecule has 128 valence electrons. The third kappa shape index (κ3) is 3.43. The predicted molar refractivity (Wildman–Crippen MR) is 96.4 cm³/mol. The van der Waals surface area contributed by atoms with Gasteiger partial charge < -0.3 is 9.25 Å². The van der Waals surface area contributed by atoms with Crippen LogP contribution in [0.3, 0.4) is 0 Å². The number of carbonyl (C=O) groups is 1. The first kappa shape index (κ1) is 15.9. The minimum atomic E-state index is -0.458. The van der Waals surface area contributed by atoms with Gasteiger partial charge in [-0.3, -0.25) is 0 Å². The maximum Gasteiger partial charge on any atom is 0.358 e. The van der Waals surface area contributed by atoms with E-state index in [1.807, 2.05) is 30.3 Å². The summed E-state index contributed by atoms with van der Waals surface area (Å²) in [5, 5.41) is 4.17. The van der Waals surface area contributed by atoms with E-state index in [9.17, 15) is 4.79 Å². The standard InChI is InChI=1S/C21H21NO3/c23-20(14-13-15-7-2-1-3-8-15)25-22-17-10-6-12-19-21(17)16-9-4-5-11-18(16)24-19/h1-3,7-8,13-14H,4-6,9-12H2. The average molecular weight is 335 g/mol. The number of hydrogen-bond donors (Lipinski definition) is 0. The molecule has 4 rings (SSSR count). The Morgan fingerprint density at radius 2 is 1.80 bits per heavy atom. The first-order valence-corrected chi connectivity index (χ1v) is 8.96. The molecule has 0 amide bonds. The number of furan rings is 1. The minimum Gasteiger partial charge on any atom is -0.465 e. The average Bonchev–Trinajstić information content (AvgIpc) is 3.04. The molecule has 0 saturated carbocycles. The zero-order valence-electron chi connectivity index (χ0n) is 14.2.